The van der Waals surface area contributed by atoms with Gasteiger partial charge in [0.2, 0.25) is 0 Å². The average molecular weight is 359 g/mol. The van der Waals surface area contributed by atoms with Gasteiger partial charge in [0, 0.05) is 5.56 Å². The van der Waals surface area contributed by atoms with Crippen LogP contribution in [0.25, 0.3) is 10.8 Å². The lowest BCUT2D eigenvalue weighted by Gasteiger charge is -2.06. The highest BCUT2D eigenvalue weighted by molar-refractivity contribution is 6.38. The van der Waals surface area contributed by atoms with Gasteiger partial charge in [0.25, 0.3) is 5.91 Å². The summed E-state index contributed by atoms with van der Waals surface area (Å²) in [6, 6.07) is 15.6. The molecule has 0 aliphatic carbocycles. The second-order valence-electron chi connectivity index (χ2n) is 5.05. The smallest absolute Gasteiger partial charge is 0.275 e. The number of hydrazone groups is 1. The first-order chi connectivity index (χ1) is 11.6. The first-order valence-electron chi connectivity index (χ1n) is 7.05. The fraction of sp³-hybridized carbons (Fsp3) is 0. The second-order valence-corrected chi connectivity index (χ2v) is 5.87. The van der Waals surface area contributed by atoms with Crippen LogP contribution >= 0.6 is 23.2 Å². The first-order valence-corrected chi connectivity index (χ1v) is 7.81. The minimum atomic E-state index is -0.530. The lowest BCUT2D eigenvalue weighted by atomic mass is 10.1. The van der Waals surface area contributed by atoms with Gasteiger partial charge in [-0.3, -0.25) is 4.79 Å². The van der Waals surface area contributed by atoms with E-state index < -0.39 is 5.91 Å². The minimum Gasteiger partial charge on any atom is -0.507 e. The van der Waals surface area contributed by atoms with Gasteiger partial charge in [-0.05, 0) is 35.0 Å². The third-order valence-electron chi connectivity index (χ3n) is 3.47. The van der Waals surface area contributed by atoms with E-state index >= 15 is 0 Å². The zero-order valence-corrected chi connectivity index (χ0v) is 13.8. The Morgan fingerprint density at radius 2 is 1.62 bits per heavy atom. The van der Waals surface area contributed by atoms with Gasteiger partial charge < -0.3 is 5.11 Å². The maximum Gasteiger partial charge on any atom is 0.275 e. The molecule has 1 amide bonds. The molecular weight excluding hydrogens is 347 g/mol. The van der Waals surface area contributed by atoms with Crippen LogP contribution in [-0.2, 0) is 0 Å². The zero-order valence-electron chi connectivity index (χ0n) is 12.3. The summed E-state index contributed by atoms with van der Waals surface area (Å²) in [5.74, 6) is -0.644. The van der Waals surface area contributed by atoms with Crippen molar-refractivity contribution in [3.05, 3.63) is 75.8 Å². The maximum absolute atomic E-state index is 12.2. The molecule has 0 spiro atoms. The van der Waals surface area contributed by atoms with Crippen molar-refractivity contribution in [2.45, 2.75) is 0 Å². The standard InChI is InChI=1S/C18H12Cl2N2O2/c19-15-6-3-7-16(20)14(15)10-21-22-18(24)13-8-11-4-1-2-5-12(11)9-17(13)23/h1-10,23H,(H,22,24)/b21-10+. The van der Waals surface area contributed by atoms with Gasteiger partial charge in [-0.2, -0.15) is 5.10 Å². The van der Waals surface area contributed by atoms with Gasteiger partial charge in [0.15, 0.2) is 0 Å². The number of carbonyl (C=O) groups is 1. The molecule has 3 aromatic carbocycles. The highest BCUT2D eigenvalue weighted by atomic mass is 35.5. The van der Waals surface area contributed by atoms with Crippen molar-refractivity contribution < 1.29 is 9.90 Å². The molecule has 0 radical (unpaired) electrons. The van der Waals surface area contributed by atoms with Gasteiger partial charge in [0.1, 0.15) is 5.75 Å². The molecular formula is C18H12Cl2N2O2. The largest absolute Gasteiger partial charge is 0.507 e. The molecule has 0 saturated heterocycles. The van der Waals surface area contributed by atoms with E-state index in [1.807, 2.05) is 24.3 Å². The predicted octanol–water partition coefficient (Wildman–Crippen LogP) is 4.62. The molecule has 0 aliphatic rings. The van der Waals surface area contributed by atoms with Crippen LogP contribution in [0, 0.1) is 0 Å². The van der Waals surface area contributed by atoms with Crippen LogP contribution in [-0.4, -0.2) is 17.2 Å². The number of rotatable bonds is 3. The third kappa shape index (κ3) is 3.35. The van der Waals surface area contributed by atoms with E-state index in [4.69, 9.17) is 23.2 Å². The highest BCUT2D eigenvalue weighted by Crippen LogP contribution is 2.25. The van der Waals surface area contributed by atoms with Gasteiger partial charge >= 0.3 is 0 Å². The zero-order chi connectivity index (χ0) is 17.1. The van der Waals surface area contributed by atoms with E-state index in [9.17, 15) is 9.90 Å². The lowest BCUT2D eigenvalue weighted by molar-refractivity contribution is 0.0952. The average Bonchev–Trinajstić information content (AvgIpc) is 2.56. The summed E-state index contributed by atoms with van der Waals surface area (Å²) in [5, 5.41) is 16.4. The molecule has 0 saturated carbocycles. The predicted molar refractivity (Wildman–Crippen MR) is 97.1 cm³/mol. The quantitative estimate of drug-likeness (QED) is 0.530. The normalized spacial score (nSPS) is 11.1. The number of fused-ring (bicyclic) bond motifs is 1. The molecule has 0 unspecified atom stereocenters. The minimum absolute atomic E-state index is 0.114. The highest BCUT2D eigenvalue weighted by Gasteiger charge is 2.12. The molecule has 4 nitrogen and oxygen atoms in total. The van der Waals surface area contributed by atoms with Crippen LogP contribution in [0.2, 0.25) is 10.0 Å². The van der Waals surface area contributed by atoms with Gasteiger partial charge in [-0.1, -0.05) is 53.5 Å². The number of hydrogen-bond acceptors (Lipinski definition) is 3. The number of phenols is 1. The van der Waals surface area contributed by atoms with Crippen molar-refractivity contribution >= 4 is 46.1 Å². The first kappa shape index (κ1) is 16.3. The fourth-order valence-electron chi connectivity index (χ4n) is 2.26. The summed E-state index contributed by atoms with van der Waals surface area (Å²) in [6.45, 7) is 0. The van der Waals surface area contributed by atoms with E-state index in [0.29, 0.717) is 15.6 Å². The van der Waals surface area contributed by atoms with Crippen molar-refractivity contribution in [1.82, 2.24) is 5.43 Å². The molecule has 3 rings (SSSR count). The molecule has 2 N–H and O–H groups in total. The summed E-state index contributed by atoms with van der Waals surface area (Å²) in [4.78, 5) is 12.2. The summed E-state index contributed by atoms with van der Waals surface area (Å²) in [5.41, 5.74) is 3.00. The second kappa shape index (κ2) is 6.91. The molecule has 24 heavy (non-hydrogen) atoms. The van der Waals surface area contributed by atoms with E-state index in [1.54, 1.807) is 30.3 Å². The number of hydrogen-bond donors (Lipinski definition) is 2. The third-order valence-corrected chi connectivity index (χ3v) is 4.13. The van der Waals surface area contributed by atoms with Crippen molar-refractivity contribution in [2.75, 3.05) is 0 Å². The maximum atomic E-state index is 12.2. The van der Waals surface area contributed by atoms with Gasteiger partial charge in [-0.25, -0.2) is 5.43 Å². The summed E-state index contributed by atoms with van der Waals surface area (Å²) < 4.78 is 0. The number of amides is 1. The Labute approximate surface area is 148 Å². The number of phenolic OH excluding ortho intramolecular Hbond substituents is 1. The van der Waals surface area contributed by atoms with Crippen molar-refractivity contribution in [3.8, 4) is 5.75 Å². The Bertz CT molecular complexity index is 935. The van der Waals surface area contributed by atoms with E-state index in [1.165, 1.54) is 6.21 Å². The van der Waals surface area contributed by atoms with Gasteiger partial charge in [-0.15, -0.1) is 0 Å². The summed E-state index contributed by atoms with van der Waals surface area (Å²) in [6.07, 6.45) is 1.36. The number of aromatic hydroxyl groups is 1. The van der Waals surface area contributed by atoms with Crippen LogP contribution < -0.4 is 5.43 Å². The lowest BCUT2D eigenvalue weighted by Crippen LogP contribution is -2.17. The van der Waals surface area contributed by atoms with Gasteiger partial charge in [0.05, 0.1) is 21.8 Å². The Balaban J connectivity index is 1.83. The molecule has 0 heterocycles. The summed E-state index contributed by atoms with van der Waals surface area (Å²) in [7, 11) is 0. The molecule has 120 valence electrons. The number of nitrogens with one attached hydrogen (secondary N) is 1. The molecule has 0 aromatic heterocycles. The van der Waals surface area contributed by atoms with Crippen LogP contribution in [0.4, 0.5) is 0 Å². The van der Waals surface area contributed by atoms with E-state index in [2.05, 4.69) is 10.5 Å². The number of halogens is 2. The topological polar surface area (TPSA) is 61.7 Å². The van der Waals surface area contributed by atoms with Crippen molar-refractivity contribution in [1.29, 1.82) is 0 Å². The van der Waals surface area contributed by atoms with Crippen molar-refractivity contribution in [2.24, 2.45) is 5.10 Å². The Hall–Kier alpha value is -2.56. The Morgan fingerprint density at radius 1 is 1.00 bits per heavy atom. The van der Waals surface area contributed by atoms with E-state index in [-0.39, 0.29) is 11.3 Å². The number of carbonyl (C=O) groups excluding carboxylic acids is 1. The van der Waals surface area contributed by atoms with Crippen LogP contribution in [0.1, 0.15) is 15.9 Å². The Morgan fingerprint density at radius 3 is 2.29 bits per heavy atom. The molecule has 0 aliphatic heterocycles. The molecule has 0 atom stereocenters. The Kier molecular flexibility index (Phi) is 4.69. The SMILES string of the molecule is O=C(N/N=C/c1c(Cl)cccc1Cl)c1cc2ccccc2cc1O. The monoisotopic (exact) mass is 358 g/mol. The summed E-state index contributed by atoms with van der Waals surface area (Å²) >= 11 is 12.0. The van der Waals surface area contributed by atoms with Crippen molar-refractivity contribution in [3.63, 3.8) is 0 Å². The molecule has 3 aromatic rings. The number of benzene rings is 3. The molecule has 0 bridgehead atoms. The van der Waals surface area contributed by atoms with Crippen LogP contribution in [0.3, 0.4) is 0 Å². The van der Waals surface area contributed by atoms with Crippen LogP contribution in [0.15, 0.2) is 59.7 Å². The molecule has 0 fully saturated rings. The van der Waals surface area contributed by atoms with Crippen LogP contribution in [0.5, 0.6) is 5.75 Å². The van der Waals surface area contributed by atoms with E-state index in [0.717, 1.165) is 10.8 Å². The fourth-order valence-corrected chi connectivity index (χ4v) is 2.75. The number of nitrogens with zero attached hydrogens (tertiary/aromatic N) is 1. The molecule has 6 heteroatoms.